The van der Waals surface area contributed by atoms with Gasteiger partial charge in [-0.15, -0.1) is 0 Å². The Bertz CT molecular complexity index is 350. The average Bonchev–Trinajstić information content (AvgIpc) is 2.65. The lowest BCUT2D eigenvalue weighted by atomic mass is 9.80. The molecule has 0 aromatic carbocycles. The third kappa shape index (κ3) is 3.51. The molecule has 1 atom stereocenters. The molecule has 1 aliphatic rings. The molecule has 0 aliphatic carbocycles. The van der Waals surface area contributed by atoms with Crippen LogP contribution in [0.4, 0.5) is 0 Å². The van der Waals surface area contributed by atoms with Gasteiger partial charge in [-0.1, -0.05) is 39.9 Å². The Hall–Kier alpha value is -0.640. The van der Waals surface area contributed by atoms with E-state index < -0.39 is 5.41 Å². The van der Waals surface area contributed by atoms with Gasteiger partial charge in [0.25, 0.3) is 0 Å². The molecule has 0 aromatic heterocycles. The molecule has 20 heavy (non-hydrogen) atoms. The number of hydrogen-bond donors (Lipinski definition) is 1. The van der Waals surface area contributed by atoms with E-state index in [1.807, 2.05) is 18.7 Å². The zero-order chi connectivity index (χ0) is 15.3. The summed E-state index contributed by atoms with van der Waals surface area (Å²) in [6.45, 7) is 10.3. The molecule has 1 unspecified atom stereocenters. The minimum Gasteiger partial charge on any atom is -0.392 e. The first-order valence-corrected chi connectivity index (χ1v) is 8.39. The highest BCUT2D eigenvalue weighted by Crippen LogP contribution is 2.32. The quantitative estimate of drug-likeness (QED) is 0.792. The Morgan fingerprint density at radius 3 is 2.35 bits per heavy atom. The zero-order valence-electron chi connectivity index (χ0n) is 13.4. The molecule has 0 bridgehead atoms. The Morgan fingerprint density at radius 2 is 1.90 bits per heavy atom. The summed E-state index contributed by atoms with van der Waals surface area (Å²) in [6, 6.07) is 0. The van der Waals surface area contributed by atoms with Crippen molar-refractivity contribution in [1.82, 2.24) is 4.90 Å². The monoisotopic (exact) mass is 298 g/mol. The van der Waals surface area contributed by atoms with Crippen molar-refractivity contribution in [3.05, 3.63) is 0 Å². The lowest BCUT2D eigenvalue weighted by Gasteiger charge is -2.35. The zero-order valence-corrected chi connectivity index (χ0v) is 14.3. The van der Waals surface area contributed by atoms with Crippen molar-refractivity contribution < 1.29 is 4.79 Å². The molecule has 1 fully saturated rings. The van der Waals surface area contributed by atoms with Crippen molar-refractivity contribution in [3.63, 3.8) is 0 Å². The second-order valence-corrected chi connectivity index (χ2v) is 6.82. The largest absolute Gasteiger partial charge is 0.392 e. The van der Waals surface area contributed by atoms with Crippen molar-refractivity contribution in [2.24, 2.45) is 23.0 Å². The van der Waals surface area contributed by atoms with Gasteiger partial charge < -0.3 is 10.6 Å². The summed E-state index contributed by atoms with van der Waals surface area (Å²) in [7, 11) is 0. The van der Waals surface area contributed by atoms with Crippen LogP contribution in [0.5, 0.6) is 0 Å². The van der Waals surface area contributed by atoms with E-state index in [4.69, 9.17) is 18.0 Å². The van der Waals surface area contributed by atoms with Crippen LogP contribution in [0, 0.1) is 17.3 Å². The lowest BCUT2D eigenvalue weighted by Crippen LogP contribution is -2.50. The smallest absolute Gasteiger partial charge is 0.235 e. The molecular weight excluding hydrogens is 268 g/mol. The number of nitrogens with two attached hydrogens (primary N) is 1. The molecule has 116 valence electrons. The molecule has 1 rings (SSSR count). The topological polar surface area (TPSA) is 46.3 Å². The molecule has 0 saturated carbocycles. The summed E-state index contributed by atoms with van der Waals surface area (Å²) < 4.78 is 0. The Morgan fingerprint density at radius 1 is 1.30 bits per heavy atom. The number of hydrogen-bond acceptors (Lipinski definition) is 2. The molecular formula is C16H30N2OS. The first kappa shape index (κ1) is 17.4. The van der Waals surface area contributed by atoms with Crippen molar-refractivity contribution in [2.45, 2.75) is 59.8 Å². The van der Waals surface area contributed by atoms with Gasteiger partial charge in [-0.05, 0) is 43.9 Å². The maximum atomic E-state index is 12.9. The maximum absolute atomic E-state index is 12.9. The van der Waals surface area contributed by atoms with Crippen LogP contribution in [0.1, 0.15) is 59.8 Å². The van der Waals surface area contributed by atoms with Crippen molar-refractivity contribution >= 4 is 23.1 Å². The molecule has 0 aromatic rings. The predicted octanol–water partition coefficient (Wildman–Crippen LogP) is 3.36. The summed E-state index contributed by atoms with van der Waals surface area (Å²) in [5, 5.41) is 0. The van der Waals surface area contributed by atoms with Gasteiger partial charge in [0.2, 0.25) is 5.91 Å². The number of thiocarbonyl (C=S) groups is 1. The normalized spacial score (nSPS) is 20.9. The van der Waals surface area contributed by atoms with E-state index in [2.05, 4.69) is 13.8 Å². The molecule has 4 heteroatoms. The van der Waals surface area contributed by atoms with Crippen LogP contribution in [0.3, 0.4) is 0 Å². The van der Waals surface area contributed by atoms with Crippen molar-refractivity contribution in [3.8, 4) is 0 Å². The van der Waals surface area contributed by atoms with E-state index in [0.717, 1.165) is 31.8 Å². The second kappa shape index (κ2) is 7.39. The number of carbonyl (C=O) groups excluding carboxylic acids is 1. The molecule has 1 amide bonds. The van der Waals surface area contributed by atoms with E-state index in [0.29, 0.717) is 23.7 Å². The minimum atomic E-state index is -0.632. The summed E-state index contributed by atoms with van der Waals surface area (Å²) >= 11 is 5.20. The summed E-state index contributed by atoms with van der Waals surface area (Å²) in [4.78, 5) is 15.3. The molecule has 1 aliphatic heterocycles. The molecule has 1 heterocycles. The van der Waals surface area contributed by atoms with E-state index >= 15 is 0 Å². The van der Waals surface area contributed by atoms with Gasteiger partial charge in [-0.2, -0.15) is 0 Å². The van der Waals surface area contributed by atoms with Gasteiger partial charge in [0.05, 0.1) is 10.4 Å². The highest BCUT2D eigenvalue weighted by molar-refractivity contribution is 7.80. The van der Waals surface area contributed by atoms with Crippen LogP contribution >= 0.6 is 12.2 Å². The Labute approximate surface area is 129 Å². The van der Waals surface area contributed by atoms with Crippen LogP contribution in [-0.4, -0.2) is 28.9 Å². The summed E-state index contributed by atoms with van der Waals surface area (Å²) in [5.74, 6) is 1.58. The van der Waals surface area contributed by atoms with Crippen molar-refractivity contribution in [1.29, 1.82) is 0 Å². The van der Waals surface area contributed by atoms with Gasteiger partial charge in [0.15, 0.2) is 0 Å². The van der Waals surface area contributed by atoms with Gasteiger partial charge in [-0.3, -0.25) is 4.79 Å². The van der Waals surface area contributed by atoms with E-state index in [1.165, 1.54) is 6.42 Å². The van der Waals surface area contributed by atoms with Gasteiger partial charge in [0, 0.05) is 13.1 Å². The van der Waals surface area contributed by atoms with Crippen LogP contribution < -0.4 is 5.73 Å². The molecule has 3 nitrogen and oxygen atoms in total. The first-order valence-electron chi connectivity index (χ1n) is 7.98. The van der Waals surface area contributed by atoms with Gasteiger partial charge in [-0.25, -0.2) is 0 Å². The first-order chi connectivity index (χ1) is 9.39. The molecule has 1 saturated heterocycles. The Kier molecular flexibility index (Phi) is 6.44. The molecule has 0 spiro atoms. The predicted molar refractivity (Wildman–Crippen MR) is 88.6 cm³/mol. The van der Waals surface area contributed by atoms with E-state index in [-0.39, 0.29) is 5.91 Å². The minimum absolute atomic E-state index is 0.152. The third-order valence-electron chi connectivity index (χ3n) is 5.09. The average molecular weight is 298 g/mol. The second-order valence-electron chi connectivity index (χ2n) is 6.38. The van der Waals surface area contributed by atoms with E-state index in [1.54, 1.807) is 0 Å². The van der Waals surface area contributed by atoms with Crippen LogP contribution in [0.25, 0.3) is 0 Å². The number of nitrogens with zero attached hydrogens (tertiary/aromatic N) is 1. The third-order valence-corrected chi connectivity index (χ3v) is 5.48. The van der Waals surface area contributed by atoms with Crippen LogP contribution in [0.15, 0.2) is 0 Å². The number of rotatable bonds is 5. The number of amides is 1. The SMILES string of the molecule is CCC(CC)(C(=O)N1CCCC(C(C)C)CC1)C(N)=S. The van der Waals surface area contributed by atoms with Crippen LogP contribution in [0.2, 0.25) is 0 Å². The fraction of sp³-hybridized carbons (Fsp3) is 0.875. The standard InChI is InChI=1S/C16H30N2OS/c1-5-16(6-2,14(17)20)15(19)18-10-7-8-13(9-11-18)12(3)4/h12-13H,5-11H2,1-4H3,(H2,17,20). The number of carbonyl (C=O) groups is 1. The highest BCUT2D eigenvalue weighted by Gasteiger charge is 2.41. The fourth-order valence-electron chi connectivity index (χ4n) is 3.30. The Balaban J connectivity index is 2.83. The van der Waals surface area contributed by atoms with Gasteiger partial charge >= 0.3 is 0 Å². The maximum Gasteiger partial charge on any atom is 0.235 e. The fourth-order valence-corrected chi connectivity index (χ4v) is 3.68. The summed E-state index contributed by atoms with van der Waals surface area (Å²) in [6.07, 6.45) is 4.81. The van der Waals surface area contributed by atoms with Gasteiger partial charge in [0.1, 0.15) is 0 Å². The van der Waals surface area contributed by atoms with E-state index in [9.17, 15) is 4.79 Å². The number of likely N-dealkylation sites (tertiary alicyclic amines) is 1. The molecule has 0 radical (unpaired) electrons. The molecule has 2 N–H and O–H groups in total. The summed E-state index contributed by atoms with van der Waals surface area (Å²) in [5.41, 5.74) is 5.27. The van der Waals surface area contributed by atoms with Crippen LogP contribution in [-0.2, 0) is 4.79 Å². The lowest BCUT2D eigenvalue weighted by molar-refractivity contribution is -0.138. The highest BCUT2D eigenvalue weighted by atomic mass is 32.1. The van der Waals surface area contributed by atoms with Crippen molar-refractivity contribution in [2.75, 3.05) is 13.1 Å².